The molecule has 0 aromatic heterocycles. The lowest BCUT2D eigenvalue weighted by Gasteiger charge is -2.33. The zero-order chi connectivity index (χ0) is 21.0. The third-order valence-electron chi connectivity index (χ3n) is 4.93. The normalized spacial score (nSPS) is 16.3. The Bertz CT molecular complexity index is 939. The van der Waals surface area contributed by atoms with E-state index < -0.39 is 12.0 Å². The zero-order valence-corrected chi connectivity index (χ0v) is 16.9. The molecule has 1 aliphatic rings. The Morgan fingerprint density at radius 3 is 2.41 bits per heavy atom. The third-order valence-corrected chi connectivity index (χ3v) is 4.93. The largest absolute Gasteiger partial charge is 0.493 e. The van der Waals surface area contributed by atoms with Crippen LogP contribution in [-0.2, 0) is 16.1 Å². The number of nitrogens with one attached hydrogen (secondary N) is 1. The van der Waals surface area contributed by atoms with Gasteiger partial charge in [0.05, 0.1) is 25.8 Å². The lowest BCUT2D eigenvalue weighted by atomic mass is 9.94. The second kappa shape index (κ2) is 8.68. The fraction of sp³-hybridized carbons (Fsp3) is 0.273. The number of benzene rings is 2. The molecular formula is C22H24N2O5. The summed E-state index contributed by atoms with van der Waals surface area (Å²) in [6, 6.07) is 13.7. The van der Waals surface area contributed by atoms with Crippen LogP contribution in [0.4, 0.5) is 4.79 Å². The molecule has 1 aliphatic heterocycles. The number of methoxy groups -OCH3 is 2. The van der Waals surface area contributed by atoms with Gasteiger partial charge in [0.2, 0.25) is 0 Å². The van der Waals surface area contributed by atoms with Crippen molar-refractivity contribution in [1.29, 1.82) is 0 Å². The molecule has 0 bridgehead atoms. The number of amides is 2. The summed E-state index contributed by atoms with van der Waals surface area (Å²) in [6.07, 6.45) is 0. The van der Waals surface area contributed by atoms with E-state index in [-0.39, 0.29) is 12.6 Å². The summed E-state index contributed by atoms with van der Waals surface area (Å²) in [5.74, 6) is 0.579. The summed E-state index contributed by atoms with van der Waals surface area (Å²) in [4.78, 5) is 26.8. The quantitative estimate of drug-likeness (QED) is 0.757. The van der Waals surface area contributed by atoms with Gasteiger partial charge in [-0.2, -0.15) is 0 Å². The minimum atomic E-state index is -0.665. The van der Waals surface area contributed by atoms with Crippen LogP contribution < -0.4 is 14.8 Å². The minimum Gasteiger partial charge on any atom is -0.493 e. The fourth-order valence-electron chi connectivity index (χ4n) is 3.18. The molecular weight excluding hydrogens is 372 g/mol. The van der Waals surface area contributed by atoms with Crippen LogP contribution in [0.3, 0.4) is 0 Å². The molecule has 0 spiro atoms. The molecule has 7 heteroatoms. The van der Waals surface area contributed by atoms with Crippen LogP contribution in [0.5, 0.6) is 11.5 Å². The maximum absolute atomic E-state index is 13.0. The van der Waals surface area contributed by atoms with E-state index in [1.807, 2.05) is 30.3 Å². The molecule has 0 saturated carbocycles. The van der Waals surface area contributed by atoms with Crippen molar-refractivity contribution < 1.29 is 23.8 Å². The molecule has 2 aromatic rings. The number of carbonyl (C=O) groups excluding carboxylic acids is 2. The van der Waals surface area contributed by atoms with Crippen molar-refractivity contribution >= 4 is 12.0 Å². The van der Waals surface area contributed by atoms with Gasteiger partial charge in [0.25, 0.3) is 0 Å². The summed E-state index contributed by atoms with van der Waals surface area (Å²) in [7, 11) is 4.69. The fourth-order valence-corrected chi connectivity index (χ4v) is 3.18. The number of hydrogen-bond acceptors (Lipinski definition) is 5. The maximum Gasteiger partial charge on any atom is 0.338 e. The lowest BCUT2D eigenvalue weighted by molar-refractivity contribution is -0.141. The van der Waals surface area contributed by atoms with Gasteiger partial charge in [-0.1, -0.05) is 36.4 Å². The van der Waals surface area contributed by atoms with Crippen LogP contribution in [0, 0.1) is 0 Å². The number of ether oxygens (including phenoxy) is 3. The summed E-state index contributed by atoms with van der Waals surface area (Å²) in [5.41, 5.74) is 2.48. The van der Waals surface area contributed by atoms with E-state index in [1.165, 1.54) is 12.0 Å². The SMILES string of the molecule is COc1ccc([C@H]2NC(=O)N(C)C(C)=C2C(=O)OCc2ccccc2)cc1OC. The zero-order valence-electron chi connectivity index (χ0n) is 16.9. The summed E-state index contributed by atoms with van der Waals surface area (Å²) in [5, 5.41) is 2.86. The summed E-state index contributed by atoms with van der Waals surface area (Å²) < 4.78 is 16.2. The van der Waals surface area contributed by atoms with Gasteiger partial charge in [-0.25, -0.2) is 9.59 Å². The molecule has 0 radical (unpaired) electrons. The first-order valence-corrected chi connectivity index (χ1v) is 9.14. The first kappa shape index (κ1) is 20.3. The highest BCUT2D eigenvalue weighted by Gasteiger charge is 2.35. The summed E-state index contributed by atoms with van der Waals surface area (Å²) in [6.45, 7) is 1.87. The monoisotopic (exact) mass is 396 g/mol. The average Bonchev–Trinajstić information content (AvgIpc) is 2.75. The highest BCUT2D eigenvalue weighted by atomic mass is 16.5. The average molecular weight is 396 g/mol. The smallest absolute Gasteiger partial charge is 0.338 e. The van der Waals surface area contributed by atoms with E-state index in [0.717, 1.165) is 5.56 Å². The first-order chi connectivity index (χ1) is 14.0. The van der Waals surface area contributed by atoms with Crippen LogP contribution in [0.25, 0.3) is 0 Å². The van der Waals surface area contributed by atoms with Crippen molar-refractivity contribution in [3.05, 3.63) is 70.9 Å². The third kappa shape index (κ3) is 4.18. The molecule has 29 heavy (non-hydrogen) atoms. The molecule has 0 unspecified atom stereocenters. The molecule has 1 N–H and O–H groups in total. The van der Waals surface area contributed by atoms with E-state index >= 15 is 0 Å². The van der Waals surface area contributed by atoms with Crippen molar-refractivity contribution in [2.75, 3.05) is 21.3 Å². The number of allylic oxidation sites excluding steroid dienone is 1. The Balaban J connectivity index is 1.94. The Morgan fingerprint density at radius 2 is 1.76 bits per heavy atom. The first-order valence-electron chi connectivity index (χ1n) is 9.14. The molecule has 3 rings (SSSR count). The molecule has 0 fully saturated rings. The second-order valence-electron chi connectivity index (χ2n) is 6.62. The minimum absolute atomic E-state index is 0.146. The van der Waals surface area contributed by atoms with E-state index in [2.05, 4.69) is 5.32 Å². The van der Waals surface area contributed by atoms with Crippen molar-refractivity contribution in [1.82, 2.24) is 10.2 Å². The van der Waals surface area contributed by atoms with Crippen molar-refractivity contribution in [2.45, 2.75) is 19.6 Å². The van der Waals surface area contributed by atoms with Gasteiger partial charge in [-0.15, -0.1) is 0 Å². The van der Waals surface area contributed by atoms with Crippen LogP contribution >= 0.6 is 0 Å². The number of rotatable bonds is 6. The van der Waals surface area contributed by atoms with E-state index in [0.29, 0.717) is 28.3 Å². The van der Waals surface area contributed by atoms with E-state index in [1.54, 1.807) is 39.3 Å². The van der Waals surface area contributed by atoms with Gasteiger partial charge in [0.1, 0.15) is 6.61 Å². The van der Waals surface area contributed by atoms with E-state index in [4.69, 9.17) is 14.2 Å². The predicted molar refractivity (Wildman–Crippen MR) is 108 cm³/mol. The van der Waals surface area contributed by atoms with Gasteiger partial charge < -0.3 is 24.4 Å². The number of esters is 1. The molecule has 1 heterocycles. The molecule has 1 atom stereocenters. The Kier molecular flexibility index (Phi) is 6.07. The molecule has 0 saturated heterocycles. The van der Waals surface area contributed by atoms with Crippen molar-refractivity contribution in [3.8, 4) is 11.5 Å². The van der Waals surface area contributed by atoms with Gasteiger partial charge in [0, 0.05) is 12.7 Å². The molecule has 7 nitrogen and oxygen atoms in total. The van der Waals surface area contributed by atoms with Crippen LogP contribution in [-0.4, -0.2) is 38.2 Å². The lowest BCUT2D eigenvalue weighted by Crippen LogP contribution is -2.46. The van der Waals surface area contributed by atoms with Gasteiger partial charge in [0.15, 0.2) is 11.5 Å². The predicted octanol–water partition coefficient (Wildman–Crippen LogP) is 3.42. The van der Waals surface area contributed by atoms with Gasteiger partial charge in [-0.05, 0) is 30.2 Å². The number of urea groups is 1. The topological polar surface area (TPSA) is 77.1 Å². The van der Waals surface area contributed by atoms with Gasteiger partial charge >= 0.3 is 12.0 Å². The van der Waals surface area contributed by atoms with Crippen molar-refractivity contribution in [3.63, 3.8) is 0 Å². The van der Waals surface area contributed by atoms with Crippen LogP contribution in [0.2, 0.25) is 0 Å². The Labute approximate surface area is 169 Å². The highest BCUT2D eigenvalue weighted by Crippen LogP contribution is 2.35. The maximum atomic E-state index is 13.0. The molecule has 2 aromatic carbocycles. The highest BCUT2D eigenvalue weighted by molar-refractivity contribution is 5.95. The number of nitrogens with zero attached hydrogens (tertiary/aromatic N) is 1. The van der Waals surface area contributed by atoms with Gasteiger partial charge in [-0.3, -0.25) is 0 Å². The number of hydrogen-bond donors (Lipinski definition) is 1. The molecule has 0 aliphatic carbocycles. The van der Waals surface area contributed by atoms with Crippen LogP contribution in [0.1, 0.15) is 24.1 Å². The molecule has 152 valence electrons. The second-order valence-corrected chi connectivity index (χ2v) is 6.62. The number of carbonyl (C=O) groups is 2. The van der Waals surface area contributed by atoms with Crippen molar-refractivity contribution in [2.24, 2.45) is 0 Å². The summed E-state index contributed by atoms with van der Waals surface area (Å²) >= 11 is 0. The Hall–Kier alpha value is -3.48. The van der Waals surface area contributed by atoms with E-state index in [9.17, 15) is 9.59 Å². The standard InChI is InChI=1S/C22H24N2O5/c1-14-19(21(25)29-13-15-8-6-5-7-9-15)20(23-22(26)24(14)2)16-10-11-17(27-3)18(12-16)28-4/h5-12,20H,13H2,1-4H3,(H,23,26)/t20-/m1/s1. The Morgan fingerprint density at radius 1 is 1.07 bits per heavy atom. The molecule has 2 amide bonds. The van der Waals surface area contributed by atoms with Crippen LogP contribution in [0.15, 0.2) is 59.8 Å².